The zero-order valence-electron chi connectivity index (χ0n) is 12.8. The molecule has 0 aliphatic carbocycles. The summed E-state index contributed by atoms with van der Waals surface area (Å²) in [6.07, 6.45) is 0. The summed E-state index contributed by atoms with van der Waals surface area (Å²) in [5.74, 6) is 0.483. The molecule has 0 bridgehead atoms. The highest BCUT2D eigenvalue weighted by molar-refractivity contribution is 5.88. The topological polar surface area (TPSA) is 46.5 Å². The fraction of sp³-hybridized carbons (Fsp3) is 0.278. The summed E-state index contributed by atoms with van der Waals surface area (Å²) < 4.78 is 5.82. The van der Waals surface area contributed by atoms with Crippen molar-refractivity contribution >= 4 is 5.97 Å². The quantitative estimate of drug-likeness (QED) is 0.882. The number of carbonyl (C=O) groups is 1. The summed E-state index contributed by atoms with van der Waals surface area (Å²) in [4.78, 5) is 10.9. The van der Waals surface area contributed by atoms with Gasteiger partial charge in [0.15, 0.2) is 0 Å². The Balaban J connectivity index is 2.20. The lowest BCUT2D eigenvalue weighted by atomic mass is 9.87. The smallest absolute Gasteiger partial charge is 0.335 e. The number of hydrogen-bond acceptors (Lipinski definition) is 2. The number of benzene rings is 2. The fourth-order valence-electron chi connectivity index (χ4n) is 2.05. The van der Waals surface area contributed by atoms with Crippen LogP contribution in [0.2, 0.25) is 0 Å². The second-order valence-electron chi connectivity index (χ2n) is 6.16. The molecular weight excluding hydrogens is 264 g/mol. The normalized spacial score (nSPS) is 11.2. The zero-order valence-corrected chi connectivity index (χ0v) is 12.8. The maximum atomic E-state index is 10.9. The molecule has 0 fully saturated rings. The van der Waals surface area contributed by atoms with Crippen molar-refractivity contribution in [3.63, 3.8) is 0 Å². The molecule has 0 aliphatic rings. The van der Waals surface area contributed by atoms with Crippen LogP contribution in [0.25, 0.3) is 0 Å². The van der Waals surface area contributed by atoms with E-state index in [-0.39, 0.29) is 11.0 Å². The van der Waals surface area contributed by atoms with Gasteiger partial charge in [0.25, 0.3) is 0 Å². The molecule has 110 valence electrons. The summed E-state index contributed by atoms with van der Waals surface area (Å²) in [5, 5.41) is 8.96. The third-order valence-corrected chi connectivity index (χ3v) is 3.37. The van der Waals surface area contributed by atoms with Crippen molar-refractivity contribution in [2.75, 3.05) is 0 Å². The van der Waals surface area contributed by atoms with Crippen LogP contribution in [0.15, 0.2) is 42.5 Å². The van der Waals surface area contributed by atoms with Crippen LogP contribution in [-0.2, 0) is 5.41 Å². The number of rotatable bonds is 3. The highest BCUT2D eigenvalue weighted by atomic mass is 16.5. The van der Waals surface area contributed by atoms with Crippen LogP contribution < -0.4 is 4.74 Å². The summed E-state index contributed by atoms with van der Waals surface area (Å²) in [6.45, 7) is 8.33. The molecule has 0 amide bonds. The Hall–Kier alpha value is -2.29. The molecule has 2 rings (SSSR count). The van der Waals surface area contributed by atoms with E-state index in [1.807, 2.05) is 19.1 Å². The van der Waals surface area contributed by atoms with E-state index in [9.17, 15) is 4.79 Å². The number of carboxylic acids is 1. The van der Waals surface area contributed by atoms with Crippen molar-refractivity contribution in [3.8, 4) is 11.5 Å². The standard InChI is InChI=1S/C18H20O3/c1-12-11-13(17(19)20)5-10-16(12)21-15-8-6-14(7-9-15)18(2,3)4/h5-11H,1-4H3,(H,19,20). The van der Waals surface area contributed by atoms with Gasteiger partial charge in [0.2, 0.25) is 0 Å². The maximum Gasteiger partial charge on any atom is 0.335 e. The minimum atomic E-state index is -0.931. The highest BCUT2D eigenvalue weighted by Crippen LogP contribution is 2.28. The van der Waals surface area contributed by atoms with Gasteiger partial charge in [0.05, 0.1) is 5.56 Å². The maximum absolute atomic E-state index is 10.9. The van der Waals surface area contributed by atoms with Crippen molar-refractivity contribution in [2.45, 2.75) is 33.1 Å². The second-order valence-corrected chi connectivity index (χ2v) is 6.16. The van der Waals surface area contributed by atoms with Crippen LogP contribution in [0.3, 0.4) is 0 Å². The van der Waals surface area contributed by atoms with Gasteiger partial charge in [-0.3, -0.25) is 0 Å². The first kappa shape index (κ1) is 15.1. The predicted octanol–water partition coefficient (Wildman–Crippen LogP) is 4.78. The number of aryl methyl sites for hydroxylation is 1. The number of ether oxygens (including phenoxy) is 1. The Morgan fingerprint density at radius 2 is 1.67 bits per heavy atom. The minimum absolute atomic E-state index is 0.109. The summed E-state index contributed by atoms with van der Waals surface area (Å²) >= 11 is 0. The largest absolute Gasteiger partial charge is 0.478 e. The lowest BCUT2D eigenvalue weighted by Crippen LogP contribution is -2.10. The van der Waals surface area contributed by atoms with Crippen molar-refractivity contribution in [3.05, 3.63) is 59.2 Å². The first-order valence-electron chi connectivity index (χ1n) is 6.90. The summed E-state index contributed by atoms with van der Waals surface area (Å²) in [6, 6.07) is 12.8. The SMILES string of the molecule is Cc1cc(C(=O)O)ccc1Oc1ccc(C(C)(C)C)cc1. The number of hydrogen-bond donors (Lipinski definition) is 1. The van der Waals surface area contributed by atoms with Crippen LogP contribution in [0, 0.1) is 6.92 Å². The zero-order chi connectivity index (χ0) is 15.6. The molecule has 0 spiro atoms. The second kappa shape index (κ2) is 5.60. The van der Waals surface area contributed by atoms with Crippen molar-refractivity contribution < 1.29 is 14.6 Å². The number of carboxylic acid groups (broad SMARTS) is 1. The molecule has 2 aromatic carbocycles. The molecule has 0 heterocycles. The molecule has 3 nitrogen and oxygen atoms in total. The van der Waals surface area contributed by atoms with Gasteiger partial charge in [-0.25, -0.2) is 4.79 Å². The van der Waals surface area contributed by atoms with E-state index >= 15 is 0 Å². The van der Waals surface area contributed by atoms with E-state index in [0.717, 1.165) is 11.3 Å². The first-order chi connectivity index (χ1) is 9.77. The fourth-order valence-corrected chi connectivity index (χ4v) is 2.05. The van der Waals surface area contributed by atoms with Crippen molar-refractivity contribution in [1.82, 2.24) is 0 Å². The molecule has 0 aliphatic heterocycles. The van der Waals surface area contributed by atoms with Crippen LogP contribution in [0.1, 0.15) is 42.3 Å². The third-order valence-electron chi connectivity index (χ3n) is 3.37. The van der Waals surface area contributed by atoms with Crippen LogP contribution in [0.4, 0.5) is 0 Å². The van der Waals surface area contributed by atoms with Gasteiger partial charge in [-0.15, -0.1) is 0 Å². The Morgan fingerprint density at radius 1 is 1.05 bits per heavy atom. The molecule has 2 aromatic rings. The molecule has 21 heavy (non-hydrogen) atoms. The van der Waals surface area contributed by atoms with Gasteiger partial charge in [-0.2, -0.15) is 0 Å². The molecule has 3 heteroatoms. The predicted molar refractivity (Wildman–Crippen MR) is 83.4 cm³/mol. The van der Waals surface area contributed by atoms with Gasteiger partial charge in [-0.05, 0) is 53.8 Å². The van der Waals surface area contributed by atoms with E-state index in [4.69, 9.17) is 9.84 Å². The highest BCUT2D eigenvalue weighted by Gasteiger charge is 2.13. The summed E-state index contributed by atoms with van der Waals surface area (Å²) in [5.41, 5.74) is 2.42. The van der Waals surface area contributed by atoms with Crippen molar-refractivity contribution in [2.24, 2.45) is 0 Å². The molecule has 0 unspecified atom stereocenters. The van der Waals surface area contributed by atoms with Gasteiger partial charge in [0, 0.05) is 0 Å². The van der Waals surface area contributed by atoms with E-state index in [2.05, 4.69) is 32.9 Å². The third kappa shape index (κ3) is 3.63. The van der Waals surface area contributed by atoms with E-state index in [0.29, 0.717) is 5.75 Å². The minimum Gasteiger partial charge on any atom is -0.478 e. The van der Waals surface area contributed by atoms with Crippen LogP contribution >= 0.6 is 0 Å². The molecule has 0 atom stereocenters. The van der Waals surface area contributed by atoms with Gasteiger partial charge in [0.1, 0.15) is 11.5 Å². The van der Waals surface area contributed by atoms with E-state index in [1.165, 1.54) is 5.56 Å². The van der Waals surface area contributed by atoms with Gasteiger partial charge < -0.3 is 9.84 Å². The molecule has 0 radical (unpaired) electrons. The average molecular weight is 284 g/mol. The molecule has 0 aromatic heterocycles. The molecule has 1 N–H and O–H groups in total. The van der Waals surface area contributed by atoms with Crippen LogP contribution in [0.5, 0.6) is 11.5 Å². The average Bonchev–Trinajstić information content (AvgIpc) is 2.40. The lowest BCUT2D eigenvalue weighted by Gasteiger charge is -2.19. The Kier molecular flexibility index (Phi) is 4.03. The van der Waals surface area contributed by atoms with E-state index in [1.54, 1.807) is 18.2 Å². The van der Waals surface area contributed by atoms with Gasteiger partial charge in [-0.1, -0.05) is 32.9 Å². The molecular formula is C18H20O3. The Morgan fingerprint density at radius 3 is 2.14 bits per heavy atom. The van der Waals surface area contributed by atoms with Gasteiger partial charge >= 0.3 is 5.97 Å². The molecule has 0 saturated heterocycles. The van der Waals surface area contributed by atoms with Crippen molar-refractivity contribution in [1.29, 1.82) is 0 Å². The lowest BCUT2D eigenvalue weighted by molar-refractivity contribution is 0.0697. The van der Waals surface area contributed by atoms with Crippen LogP contribution in [-0.4, -0.2) is 11.1 Å². The summed E-state index contributed by atoms with van der Waals surface area (Å²) in [7, 11) is 0. The monoisotopic (exact) mass is 284 g/mol. The Labute approximate surface area is 125 Å². The number of aromatic carboxylic acids is 1. The first-order valence-corrected chi connectivity index (χ1v) is 6.90. The molecule has 0 saturated carbocycles. The Bertz CT molecular complexity index is 649. The van der Waals surface area contributed by atoms with E-state index < -0.39 is 5.97 Å².